The van der Waals surface area contributed by atoms with E-state index in [2.05, 4.69) is 48.7 Å². The fraction of sp³-hybridized carbons (Fsp3) is 0.400. The Morgan fingerprint density at radius 2 is 2.17 bits per heavy atom. The second-order valence-electron chi connectivity index (χ2n) is 4.74. The minimum Gasteiger partial charge on any atom is -0.313 e. The molecule has 0 bridgehead atoms. The number of aromatic nitrogens is 2. The number of hydrogen-bond acceptors (Lipinski definition) is 2. The van der Waals surface area contributed by atoms with Gasteiger partial charge in [0.2, 0.25) is 0 Å². The van der Waals surface area contributed by atoms with Crippen LogP contribution in [0.4, 0.5) is 0 Å². The number of nitrogens with zero attached hydrogens (tertiary/aromatic N) is 2. The topological polar surface area (TPSA) is 29.9 Å². The third-order valence-electron chi connectivity index (χ3n) is 3.02. The molecule has 0 atom stereocenters. The highest BCUT2D eigenvalue weighted by atomic mass is 15.2. The maximum Gasteiger partial charge on any atom is 0.0568 e. The highest BCUT2D eigenvalue weighted by molar-refractivity contribution is 5.66. The summed E-state index contributed by atoms with van der Waals surface area (Å²) in [6, 6.07) is 6.61. The van der Waals surface area contributed by atoms with E-state index in [4.69, 9.17) is 0 Å². The van der Waals surface area contributed by atoms with Gasteiger partial charge in [-0.05, 0) is 31.0 Å². The summed E-state index contributed by atoms with van der Waals surface area (Å²) in [7, 11) is 1.95. The lowest BCUT2D eigenvalue weighted by molar-refractivity contribution is 0.676. The molecule has 1 heterocycles. The average Bonchev–Trinajstić information content (AvgIpc) is 2.78. The molecule has 0 saturated heterocycles. The van der Waals surface area contributed by atoms with Crippen LogP contribution in [0.25, 0.3) is 11.1 Å². The van der Waals surface area contributed by atoms with Crippen molar-refractivity contribution in [3.8, 4) is 11.1 Å². The van der Waals surface area contributed by atoms with Gasteiger partial charge in [-0.3, -0.25) is 4.68 Å². The summed E-state index contributed by atoms with van der Waals surface area (Å²) >= 11 is 0. The largest absolute Gasteiger partial charge is 0.313 e. The van der Waals surface area contributed by atoms with E-state index in [-0.39, 0.29) is 0 Å². The van der Waals surface area contributed by atoms with Crippen LogP contribution in [0.5, 0.6) is 0 Å². The summed E-state index contributed by atoms with van der Waals surface area (Å²) < 4.78 is 1.85. The van der Waals surface area contributed by atoms with Gasteiger partial charge in [-0.25, -0.2) is 0 Å². The zero-order valence-corrected chi connectivity index (χ0v) is 11.4. The molecule has 0 aliphatic rings. The Bertz CT molecular complexity index is 514. The predicted molar refractivity (Wildman–Crippen MR) is 75.4 cm³/mol. The van der Waals surface area contributed by atoms with Crippen LogP contribution < -0.4 is 5.32 Å². The van der Waals surface area contributed by atoms with Gasteiger partial charge in [0.15, 0.2) is 0 Å². The van der Waals surface area contributed by atoms with E-state index in [1.165, 1.54) is 22.3 Å². The molecule has 18 heavy (non-hydrogen) atoms. The first-order valence-electron chi connectivity index (χ1n) is 6.50. The molecule has 0 saturated carbocycles. The summed E-state index contributed by atoms with van der Waals surface area (Å²) in [5.74, 6) is 0. The van der Waals surface area contributed by atoms with E-state index < -0.39 is 0 Å². The molecule has 1 aromatic carbocycles. The van der Waals surface area contributed by atoms with Crippen LogP contribution in [0.3, 0.4) is 0 Å². The molecule has 2 rings (SSSR count). The number of aryl methyl sites for hydroxylation is 2. The number of benzene rings is 1. The molecule has 1 aromatic heterocycles. The van der Waals surface area contributed by atoms with E-state index in [0.717, 1.165) is 19.5 Å². The molecule has 3 nitrogen and oxygen atoms in total. The zero-order valence-electron chi connectivity index (χ0n) is 11.4. The highest BCUT2D eigenvalue weighted by Gasteiger charge is 2.07. The van der Waals surface area contributed by atoms with Crippen molar-refractivity contribution >= 4 is 0 Å². The molecule has 3 heteroatoms. The van der Waals surface area contributed by atoms with Gasteiger partial charge >= 0.3 is 0 Å². The molecule has 0 unspecified atom stereocenters. The van der Waals surface area contributed by atoms with E-state index in [1.54, 1.807) is 0 Å². The molecule has 2 aromatic rings. The van der Waals surface area contributed by atoms with Crippen molar-refractivity contribution in [3.63, 3.8) is 0 Å². The van der Waals surface area contributed by atoms with Crippen molar-refractivity contribution in [3.05, 3.63) is 41.7 Å². The second kappa shape index (κ2) is 5.83. The van der Waals surface area contributed by atoms with Gasteiger partial charge in [-0.1, -0.05) is 30.7 Å². The quantitative estimate of drug-likeness (QED) is 0.818. The Morgan fingerprint density at radius 1 is 1.33 bits per heavy atom. The fourth-order valence-corrected chi connectivity index (χ4v) is 2.07. The van der Waals surface area contributed by atoms with E-state index in [9.17, 15) is 0 Å². The maximum absolute atomic E-state index is 4.26. The van der Waals surface area contributed by atoms with Gasteiger partial charge in [0.05, 0.1) is 6.20 Å². The van der Waals surface area contributed by atoms with E-state index in [0.29, 0.717) is 0 Å². The smallest absolute Gasteiger partial charge is 0.0568 e. The number of rotatable bonds is 5. The van der Waals surface area contributed by atoms with Crippen LogP contribution >= 0.6 is 0 Å². The fourth-order valence-electron chi connectivity index (χ4n) is 2.07. The highest BCUT2D eigenvalue weighted by Crippen LogP contribution is 2.24. The lowest BCUT2D eigenvalue weighted by Gasteiger charge is -2.10. The van der Waals surface area contributed by atoms with Crippen molar-refractivity contribution in [2.24, 2.45) is 7.05 Å². The van der Waals surface area contributed by atoms with E-state index >= 15 is 0 Å². The monoisotopic (exact) mass is 243 g/mol. The summed E-state index contributed by atoms with van der Waals surface area (Å²) in [5, 5.41) is 7.72. The lowest BCUT2D eigenvalue weighted by Crippen LogP contribution is -2.14. The van der Waals surface area contributed by atoms with Gasteiger partial charge in [-0.15, -0.1) is 0 Å². The molecule has 1 N–H and O–H groups in total. The van der Waals surface area contributed by atoms with Gasteiger partial charge in [0, 0.05) is 25.4 Å². The average molecular weight is 243 g/mol. The minimum atomic E-state index is 0.915. The Kier molecular flexibility index (Phi) is 4.15. The minimum absolute atomic E-state index is 0.915. The van der Waals surface area contributed by atoms with Crippen molar-refractivity contribution in [1.82, 2.24) is 15.1 Å². The third kappa shape index (κ3) is 2.99. The lowest BCUT2D eigenvalue weighted by atomic mass is 10.00. The first-order valence-corrected chi connectivity index (χ1v) is 6.50. The summed E-state index contributed by atoms with van der Waals surface area (Å²) in [6.07, 6.45) is 5.16. The number of hydrogen-bond donors (Lipinski definition) is 1. The molecular formula is C15H21N3. The van der Waals surface area contributed by atoms with Crippen molar-refractivity contribution in [2.45, 2.75) is 26.8 Å². The van der Waals surface area contributed by atoms with Crippen LogP contribution in [-0.4, -0.2) is 16.3 Å². The standard InChI is InChI=1S/C15H21N3/c1-4-7-16-9-13-6-5-12(2)8-15(13)14-10-17-18(3)11-14/h5-6,8,10-11,16H,4,7,9H2,1-3H3. The normalized spacial score (nSPS) is 10.8. The summed E-state index contributed by atoms with van der Waals surface area (Å²) in [5.41, 5.74) is 5.09. The maximum atomic E-state index is 4.26. The first kappa shape index (κ1) is 12.8. The molecule has 0 fully saturated rings. The molecule has 96 valence electrons. The van der Waals surface area contributed by atoms with Crippen LogP contribution in [0.2, 0.25) is 0 Å². The van der Waals surface area contributed by atoms with Gasteiger partial charge in [0.25, 0.3) is 0 Å². The van der Waals surface area contributed by atoms with Crippen LogP contribution in [0.1, 0.15) is 24.5 Å². The van der Waals surface area contributed by atoms with Crippen LogP contribution in [-0.2, 0) is 13.6 Å². The second-order valence-corrected chi connectivity index (χ2v) is 4.74. The molecule has 0 spiro atoms. The SMILES string of the molecule is CCCNCc1ccc(C)cc1-c1cnn(C)c1. The Labute approximate surface area is 109 Å². The third-order valence-corrected chi connectivity index (χ3v) is 3.02. The van der Waals surface area contributed by atoms with Crippen LogP contribution in [0, 0.1) is 6.92 Å². The molecular weight excluding hydrogens is 222 g/mol. The molecule has 0 radical (unpaired) electrons. The Morgan fingerprint density at radius 3 is 2.83 bits per heavy atom. The first-order chi connectivity index (χ1) is 8.70. The molecule has 0 aliphatic carbocycles. The number of nitrogens with one attached hydrogen (secondary N) is 1. The van der Waals surface area contributed by atoms with Crippen molar-refractivity contribution in [2.75, 3.05) is 6.54 Å². The Balaban J connectivity index is 2.29. The van der Waals surface area contributed by atoms with Crippen molar-refractivity contribution < 1.29 is 0 Å². The van der Waals surface area contributed by atoms with Gasteiger partial charge in [-0.2, -0.15) is 5.10 Å². The van der Waals surface area contributed by atoms with E-state index in [1.807, 2.05) is 17.9 Å². The Hall–Kier alpha value is -1.61. The van der Waals surface area contributed by atoms with Crippen LogP contribution in [0.15, 0.2) is 30.6 Å². The summed E-state index contributed by atoms with van der Waals surface area (Å²) in [4.78, 5) is 0. The van der Waals surface area contributed by atoms with Crippen molar-refractivity contribution in [1.29, 1.82) is 0 Å². The van der Waals surface area contributed by atoms with Gasteiger partial charge < -0.3 is 5.32 Å². The zero-order chi connectivity index (χ0) is 13.0. The van der Waals surface area contributed by atoms with Gasteiger partial charge in [0.1, 0.15) is 0 Å². The summed E-state index contributed by atoms with van der Waals surface area (Å²) in [6.45, 7) is 6.28. The molecule has 0 aliphatic heterocycles. The molecule has 0 amide bonds. The predicted octanol–water partition coefficient (Wildman–Crippen LogP) is 2.90.